The van der Waals surface area contributed by atoms with Gasteiger partial charge in [-0.3, -0.25) is 4.79 Å². The first-order valence-electron chi connectivity index (χ1n) is 7.00. The third-order valence-corrected chi connectivity index (χ3v) is 4.70. The van der Waals surface area contributed by atoms with Crippen LogP contribution in [0, 0.1) is 0 Å². The van der Waals surface area contributed by atoms with Crippen molar-refractivity contribution in [3.8, 4) is 0 Å². The van der Waals surface area contributed by atoms with Crippen molar-refractivity contribution in [2.45, 2.75) is 37.1 Å². The molecule has 1 aromatic rings. The van der Waals surface area contributed by atoms with Crippen molar-refractivity contribution in [3.63, 3.8) is 0 Å². The van der Waals surface area contributed by atoms with E-state index in [-0.39, 0.29) is 16.8 Å². The van der Waals surface area contributed by atoms with Gasteiger partial charge < -0.3 is 10.6 Å². The Hall–Kier alpha value is -1.67. The minimum atomic E-state index is -3.61. The highest BCUT2D eigenvalue weighted by Gasteiger charge is 2.24. The maximum absolute atomic E-state index is 12.3. The highest BCUT2D eigenvalue weighted by atomic mass is 32.2. The SMILES string of the molecule is CCCNc1cc(S(=O)(=O)NC2CCC(=O)NC2)ccn1. The molecule has 0 radical (unpaired) electrons. The fraction of sp³-hybridized carbons (Fsp3) is 0.538. The number of piperidine rings is 1. The molecule has 0 aliphatic carbocycles. The Labute approximate surface area is 124 Å². The lowest BCUT2D eigenvalue weighted by Gasteiger charge is -2.23. The molecule has 1 amide bonds. The number of carbonyl (C=O) groups is 1. The molecule has 1 aromatic heterocycles. The Morgan fingerprint density at radius 3 is 2.95 bits per heavy atom. The molecule has 1 aliphatic rings. The normalized spacial score (nSPS) is 19.1. The Kier molecular flexibility index (Phi) is 5.13. The number of hydrogen-bond acceptors (Lipinski definition) is 5. The highest BCUT2D eigenvalue weighted by Crippen LogP contribution is 2.14. The maximum atomic E-state index is 12.3. The summed E-state index contributed by atoms with van der Waals surface area (Å²) in [6, 6.07) is 2.70. The number of nitrogens with one attached hydrogen (secondary N) is 3. The second kappa shape index (κ2) is 6.86. The molecule has 2 heterocycles. The zero-order chi connectivity index (χ0) is 15.3. The Morgan fingerprint density at radius 1 is 1.48 bits per heavy atom. The van der Waals surface area contributed by atoms with Crippen LogP contribution >= 0.6 is 0 Å². The zero-order valence-electron chi connectivity index (χ0n) is 11.9. The zero-order valence-corrected chi connectivity index (χ0v) is 12.7. The molecule has 1 fully saturated rings. The largest absolute Gasteiger partial charge is 0.370 e. The van der Waals surface area contributed by atoms with E-state index in [1.807, 2.05) is 6.92 Å². The summed E-state index contributed by atoms with van der Waals surface area (Å²) < 4.78 is 27.3. The molecular weight excluding hydrogens is 292 g/mol. The Morgan fingerprint density at radius 2 is 2.29 bits per heavy atom. The van der Waals surface area contributed by atoms with E-state index in [9.17, 15) is 13.2 Å². The van der Waals surface area contributed by atoms with Crippen LogP contribution in [-0.4, -0.2) is 38.4 Å². The molecule has 0 saturated carbocycles. The standard InChI is InChI=1S/C13H20N4O3S/c1-2-6-14-12-8-11(5-7-15-12)21(19,20)17-10-3-4-13(18)16-9-10/h5,7-8,10,17H,2-4,6,9H2,1H3,(H,14,15)(H,16,18). The van der Waals surface area contributed by atoms with Gasteiger partial charge in [0, 0.05) is 37.8 Å². The van der Waals surface area contributed by atoms with E-state index in [4.69, 9.17) is 0 Å². The minimum Gasteiger partial charge on any atom is -0.370 e. The van der Waals surface area contributed by atoms with Gasteiger partial charge in [0.15, 0.2) is 0 Å². The van der Waals surface area contributed by atoms with E-state index < -0.39 is 10.0 Å². The van der Waals surface area contributed by atoms with Crippen LogP contribution in [0.25, 0.3) is 0 Å². The van der Waals surface area contributed by atoms with Gasteiger partial charge in [0.1, 0.15) is 5.82 Å². The number of rotatable bonds is 6. The number of nitrogens with zero attached hydrogens (tertiary/aromatic N) is 1. The van der Waals surface area contributed by atoms with Crippen LogP contribution < -0.4 is 15.4 Å². The molecule has 1 atom stereocenters. The van der Waals surface area contributed by atoms with Crippen molar-refractivity contribution in [2.75, 3.05) is 18.4 Å². The van der Waals surface area contributed by atoms with E-state index in [0.717, 1.165) is 13.0 Å². The van der Waals surface area contributed by atoms with Crippen molar-refractivity contribution < 1.29 is 13.2 Å². The van der Waals surface area contributed by atoms with Crippen LogP contribution in [-0.2, 0) is 14.8 Å². The van der Waals surface area contributed by atoms with Crippen LogP contribution in [0.15, 0.2) is 23.2 Å². The lowest BCUT2D eigenvalue weighted by Crippen LogP contribution is -2.47. The summed E-state index contributed by atoms with van der Waals surface area (Å²) in [5, 5.41) is 5.71. The highest BCUT2D eigenvalue weighted by molar-refractivity contribution is 7.89. The number of pyridine rings is 1. The third-order valence-electron chi connectivity index (χ3n) is 3.19. The molecule has 1 unspecified atom stereocenters. The number of amides is 1. The number of carbonyl (C=O) groups excluding carboxylic acids is 1. The second-order valence-electron chi connectivity index (χ2n) is 4.96. The van der Waals surface area contributed by atoms with Crippen molar-refractivity contribution >= 4 is 21.7 Å². The summed E-state index contributed by atoms with van der Waals surface area (Å²) in [7, 11) is -3.61. The van der Waals surface area contributed by atoms with Crippen LogP contribution in [0.4, 0.5) is 5.82 Å². The van der Waals surface area contributed by atoms with E-state index >= 15 is 0 Å². The van der Waals surface area contributed by atoms with E-state index in [1.165, 1.54) is 18.3 Å². The Balaban J connectivity index is 2.06. The first-order chi connectivity index (χ1) is 10.0. The molecule has 0 aromatic carbocycles. The number of anilines is 1. The fourth-order valence-corrected chi connectivity index (χ4v) is 3.33. The van der Waals surface area contributed by atoms with Crippen LogP contribution in [0.1, 0.15) is 26.2 Å². The van der Waals surface area contributed by atoms with Gasteiger partial charge in [0.05, 0.1) is 4.90 Å². The van der Waals surface area contributed by atoms with Crippen molar-refractivity contribution in [1.29, 1.82) is 0 Å². The number of sulfonamides is 1. The quantitative estimate of drug-likeness (QED) is 0.708. The molecule has 0 spiro atoms. The van der Waals surface area contributed by atoms with Gasteiger partial charge in [-0.15, -0.1) is 0 Å². The molecule has 3 N–H and O–H groups in total. The summed E-state index contributed by atoms with van der Waals surface area (Å²) in [6.07, 6.45) is 3.25. The van der Waals surface area contributed by atoms with Crippen LogP contribution in [0.5, 0.6) is 0 Å². The topological polar surface area (TPSA) is 100 Å². The van der Waals surface area contributed by atoms with Crippen molar-refractivity contribution in [3.05, 3.63) is 18.3 Å². The van der Waals surface area contributed by atoms with Gasteiger partial charge in [-0.2, -0.15) is 0 Å². The molecule has 1 saturated heterocycles. The van der Waals surface area contributed by atoms with Crippen molar-refractivity contribution in [1.82, 2.24) is 15.0 Å². The van der Waals surface area contributed by atoms with Crippen molar-refractivity contribution in [2.24, 2.45) is 0 Å². The smallest absolute Gasteiger partial charge is 0.241 e. The summed E-state index contributed by atoms with van der Waals surface area (Å²) in [5.74, 6) is 0.497. The Bertz CT molecular complexity index is 593. The monoisotopic (exact) mass is 312 g/mol. The fourth-order valence-electron chi connectivity index (χ4n) is 2.05. The molecule has 116 valence electrons. The number of hydrogen-bond donors (Lipinski definition) is 3. The summed E-state index contributed by atoms with van der Waals surface area (Å²) >= 11 is 0. The predicted octanol–water partition coefficient (Wildman–Crippen LogP) is 0.460. The summed E-state index contributed by atoms with van der Waals surface area (Å²) in [5.41, 5.74) is 0. The second-order valence-corrected chi connectivity index (χ2v) is 6.68. The summed E-state index contributed by atoms with van der Waals surface area (Å²) in [6.45, 7) is 3.08. The van der Waals surface area contributed by atoms with Gasteiger partial charge in [0.2, 0.25) is 15.9 Å². The molecule has 21 heavy (non-hydrogen) atoms. The lowest BCUT2D eigenvalue weighted by atomic mass is 10.1. The molecule has 7 nitrogen and oxygen atoms in total. The maximum Gasteiger partial charge on any atom is 0.241 e. The van der Waals surface area contributed by atoms with Gasteiger partial charge in [-0.25, -0.2) is 18.1 Å². The lowest BCUT2D eigenvalue weighted by molar-refractivity contribution is -0.122. The summed E-state index contributed by atoms with van der Waals surface area (Å²) in [4.78, 5) is 15.3. The average molecular weight is 312 g/mol. The first-order valence-corrected chi connectivity index (χ1v) is 8.48. The van der Waals surface area contributed by atoms with E-state index in [1.54, 1.807) is 0 Å². The van der Waals surface area contributed by atoms with Gasteiger partial charge >= 0.3 is 0 Å². The van der Waals surface area contributed by atoms with Gasteiger partial charge in [0.25, 0.3) is 0 Å². The average Bonchev–Trinajstić information content (AvgIpc) is 2.48. The predicted molar refractivity (Wildman–Crippen MR) is 79.4 cm³/mol. The van der Waals surface area contributed by atoms with E-state index in [2.05, 4.69) is 20.3 Å². The van der Waals surface area contributed by atoms with Crippen LogP contribution in [0.2, 0.25) is 0 Å². The molecule has 8 heteroatoms. The molecule has 0 bridgehead atoms. The van der Waals surface area contributed by atoms with Crippen LogP contribution in [0.3, 0.4) is 0 Å². The molecule has 2 rings (SSSR count). The third kappa shape index (κ3) is 4.40. The number of aromatic nitrogens is 1. The first kappa shape index (κ1) is 15.7. The van der Waals surface area contributed by atoms with Gasteiger partial charge in [-0.1, -0.05) is 6.92 Å². The minimum absolute atomic E-state index is 0.0413. The van der Waals surface area contributed by atoms with Gasteiger partial charge in [-0.05, 0) is 18.9 Å². The van der Waals surface area contributed by atoms with E-state index in [0.29, 0.717) is 25.2 Å². The molecular formula is C13H20N4O3S. The molecule has 1 aliphatic heterocycles.